The third-order valence-corrected chi connectivity index (χ3v) is 3.95. The Bertz CT molecular complexity index is 416. The number of carbonyl (C=O) groups excluding carboxylic acids is 1. The van der Waals surface area contributed by atoms with Gasteiger partial charge in [-0.2, -0.15) is 0 Å². The van der Waals surface area contributed by atoms with Crippen LogP contribution in [-0.2, 0) is 4.79 Å². The minimum atomic E-state index is 0.111. The molecule has 1 N–H and O–H groups in total. The van der Waals surface area contributed by atoms with Crippen LogP contribution in [-0.4, -0.2) is 24.3 Å². The van der Waals surface area contributed by atoms with Gasteiger partial charge in [0.15, 0.2) is 0 Å². The lowest BCUT2D eigenvalue weighted by atomic mass is 10.2. The van der Waals surface area contributed by atoms with Crippen molar-refractivity contribution in [3.63, 3.8) is 0 Å². The standard InChI is InChI=1S/C15H21BrN2O/c16-9-2-1-8-15(19)17-13-6-5-7-14(12-13)18-10-3-4-11-18/h5-7,12H,1-4,8-11H2,(H,17,19). The molecule has 4 heteroatoms. The van der Waals surface area contributed by atoms with Gasteiger partial charge in [-0.3, -0.25) is 4.79 Å². The summed E-state index contributed by atoms with van der Waals surface area (Å²) in [6.07, 6.45) is 5.11. The summed E-state index contributed by atoms with van der Waals surface area (Å²) in [4.78, 5) is 14.2. The molecule has 1 aliphatic rings. The summed E-state index contributed by atoms with van der Waals surface area (Å²) in [5, 5.41) is 3.95. The van der Waals surface area contributed by atoms with E-state index in [0.29, 0.717) is 6.42 Å². The van der Waals surface area contributed by atoms with Crippen molar-refractivity contribution in [2.24, 2.45) is 0 Å². The highest BCUT2D eigenvalue weighted by Gasteiger charge is 2.12. The van der Waals surface area contributed by atoms with Gasteiger partial charge in [-0.15, -0.1) is 0 Å². The lowest BCUT2D eigenvalue weighted by Crippen LogP contribution is -2.18. The molecule has 19 heavy (non-hydrogen) atoms. The van der Waals surface area contributed by atoms with Crippen molar-refractivity contribution in [1.82, 2.24) is 0 Å². The summed E-state index contributed by atoms with van der Waals surface area (Å²) in [6, 6.07) is 8.17. The van der Waals surface area contributed by atoms with E-state index in [0.717, 1.165) is 36.9 Å². The van der Waals surface area contributed by atoms with Gasteiger partial charge in [0.1, 0.15) is 0 Å². The minimum absolute atomic E-state index is 0.111. The molecule has 1 amide bonds. The average molecular weight is 325 g/mol. The predicted molar refractivity (Wildman–Crippen MR) is 84.2 cm³/mol. The zero-order valence-electron chi connectivity index (χ0n) is 11.2. The van der Waals surface area contributed by atoms with Crippen LogP contribution in [0.3, 0.4) is 0 Å². The van der Waals surface area contributed by atoms with Gasteiger partial charge in [0, 0.05) is 36.2 Å². The maximum absolute atomic E-state index is 11.8. The van der Waals surface area contributed by atoms with Crippen LogP contribution in [0, 0.1) is 0 Å². The van der Waals surface area contributed by atoms with Crippen molar-refractivity contribution in [2.75, 3.05) is 28.6 Å². The smallest absolute Gasteiger partial charge is 0.224 e. The highest BCUT2D eigenvalue weighted by Crippen LogP contribution is 2.23. The van der Waals surface area contributed by atoms with E-state index in [1.807, 2.05) is 12.1 Å². The van der Waals surface area contributed by atoms with Gasteiger partial charge in [0.25, 0.3) is 0 Å². The molecular weight excluding hydrogens is 304 g/mol. The molecule has 0 unspecified atom stereocenters. The summed E-state index contributed by atoms with van der Waals surface area (Å²) in [7, 11) is 0. The number of nitrogens with one attached hydrogen (secondary N) is 1. The van der Waals surface area contributed by atoms with E-state index in [1.54, 1.807) is 0 Å². The molecule has 1 aliphatic heterocycles. The van der Waals surface area contributed by atoms with E-state index < -0.39 is 0 Å². The van der Waals surface area contributed by atoms with Crippen molar-refractivity contribution >= 4 is 33.2 Å². The summed E-state index contributed by atoms with van der Waals surface area (Å²) < 4.78 is 0. The van der Waals surface area contributed by atoms with Crippen LogP contribution in [0.4, 0.5) is 11.4 Å². The van der Waals surface area contributed by atoms with E-state index >= 15 is 0 Å². The van der Waals surface area contributed by atoms with Gasteiger partial charge in [0.2, 0.25) is 5.91 Å². The van der Waals surface area contributed by atoms with Crippen LogP contribution in [0.15, 0.2) is 24.3 Å². The van der Waals surface area contributed by atoms with Gasteiger partial charge in [0.05, 0.1) is 0 Å². The van der Waals surface area contributed by atoms with Crippen LogP contribution in [0.1, 0.15) is 32.1 Å². The second-order valence-electron chi connectivity index (χ2n) is 4.94. The van der Waals surface area contributed by atoms with E-state index in [4.69, 9.17) is 0 Å². The number of alkyl halides is 1. The zero-order chi connectivity index (χ0) is 13.5. The fraction of sp³-hybridized carbons (Fsp3) is 0.533. The first-order valence-corrected chi connectivity index (χ1v) is 8.12. The van der Waals surface area contributed by atoms with Crippen LogP contribution in [0.5, 0.6) is 0 Å². The number of amides is 1. The van der Waals surface area contributed by atoms with Crippen LogP contribution >= 0.6 is 15.9 Å². The number of hydrogen-bond donors (Lipinski definition) is 1. The monoisotopic (exact) mass is 324 g/mol. The Morgan fingerprint density at radius 2 is 2.05 bits per heavy atom. The number of carbonyl (C=O) groups is 1. The molecule has 2 rings (SSSR count). The van der Waals surface area contributed by atoms with Gasteiger partial charge in [-0.1, -0.05) is 22.0 Å². The van der Waals surface area contributed by atoms with Crippen molar-refractivity contribution in [3.8, 4) is 0 Å². The maximum Gasteiger partial charge on any atom is 0.224 e. The summed E-state index contributed by atoms with van der Waals surface area (Å²) in [6.45, 7) is 2.26. The quantitative estimate of drug-likeness (QED) is 0.637. The molecule has 1 heterocycles. The maximum atomic E-state index is 11.8. The van der Waals surface area contributed by atoms with Gasteiger partial charge in [-0.05, 0) is 43.9 Å². The summed E-state index contributed by atoms with van der Waals surface area (Å²) >= 11 is 3.38. The highest BCUT2D eigenvalue weighted by molar-refractivity contribution is 9.09. The van der Waals surface area contributed by atoms with Crippen LogP contribution < -0.4 is 10.2 Å². The normalized spacial score (nSPS) is 14.7. The van der Waals surface area contributed by atoms with E-state index in [-0.39, 0.29) is 5.91 Å². The van der Waals surface area contributed by atoms with Crippen LogP contribution in [0.2, 0.25) is 0 Å². The second kappa shape index (κ2) is 7.53. The predicted octanol–water partition coefficient (Wildman–Crippen LogP) is 3.79. The van der Waals surface area contributed by atoms with Crippen molar-refractivity contribution in [2.45, 2.75) is 32.1 Å². The molecule has 104 valence electrons. The molecule has 0 aromatic heterocycles. The van der Waals surface area contributed by atoms with E-state index in [9.17, 15) is 4.79 Å². The number of unbranched alkanes of at least 4 members (excludes halogenated alkanes) is 1. The SMILES string of the molecule is O=C(CCCCBr)Nc1cccc(N2CCCC2)c1. The molecule has 0 atom stereocenters. The Labute approximate surface area is 123 Å². The molecule has 0 radical (unpaired) electrons. The Morgan fingerprint density at radius 1 is 1.26 bits per heavy atom. The molecular formula is C15H21BrN2O. The number of benzene rings is 1. The van der Waals surface area contributed by atoms with Gasteiger partial charge >= 0.3 is 0 Å². The summed E-state index contributed by atoms with van der Waals surface area (Å²) in [5.41, 5.74) is 2.13. The largest absolute Gasteiger partial charge is 0.371 e. The number of hydrogen-bond acceptors (Lipinski definition) is 2. The molecule has 1 aromatic rings. The summed E-state index contributed by atoms with van der Waals surface area (Å²) in [5.74, 6) is 0.111. The van der Waals surface area contributed by atoms with Crippen molar-refractivity contribution in [1.29, 1.82) is 0 Å². The molecule has 0 aliphatic carbocycles. The molecule has 0 bridgehead atoms. The Hall–Kier alpha value is -1.03. The van der Waals surface area contributed by atoms with Gasteiger partial charge < -0.3 is 10.2 Å². The van der Waals surface area contributed by atoms with Crippen molar-refractivity contribution in [3.05, 3.63) is 24.3 Å². The number of anilines is 2. The lowest BCUT2D eigenvalue weighted by Gasteiger charge is -2.18. The number of nitrogens with zero attached hydrogens (tertiary/aromatic N) is 1. The van der Waals surface area contributed by atoms with Crippen LogP contribution in [0.25, 0.3) is 0 Å². The first-order chi connectivity index (χ1) is 9.29. The second-order valence-corrected chi connectivity index (χ2v) is 5.73. The zero-order valence-corrected chi connectivity index (χ0v) is 12.8. The Morgan fingerprint density at radius 3 is 2.79 bits per heavy atom. The molecule has 1 saturated heterocycles. The topological polar surface area (TPSA) is 32.3 Å². The average Bonchev–Trinajstić information content (AvgIpc) is 2.93. The molecule has 3 nitrogen and oxygen atoms in total. The van der Waals surface area contributed by atoms with Crippen molar-refractivity contribution < 1.29 is 4.79 Å². The molecule has 1 aromatic carbocycles. The Balaban J connectivity index is 1.89. The van der Waals surface area contributed by atoms with E-state index in [1.165, 1.54) is 18.5 Å². The lowest BCUT2D eigenvalue weighted by molar-refractivity contribution is -0.116. The number of rotatable bonds is 6. The molecule has 0 spiro atoms. The van der Waals surface area contributed by atoms with Gasteiger partial charge in [-0.25, -0.2) is 0 Å². The Kier molecular flexibility index (Phi) is 5.70. The number of halogens is 1. The van der Waals surface area contributed by atoms with E-state index in [2.05, 4.69) is 38.3 Å². The third-order valence-electron chi connectivity index (χ3n) is 3.39. The highest BCUT2D eigenvalue weighted by atomic mass is 79.9. The fourth-order valence-corrected chi connectivity index (χ4v) is 2.76. The first-order valence-electron chi connectivity index (χ1n) is 7.00. The minimum Gasteiger partial charge on any atom is -0.371 e. The fourth-order valence-electron chi connectivity index (χ4n) is 2.36. The molecule has 1 fully saturated rings. The molecule has 0 saturated carbocycles. The third kappa shape index (κ3) is 4.53. The first kappa shape index (κ1) is 14.4.